The fourth-order valence-electron chi connectivity index (χ4n) is 3.13. The van der Waals surface area contributed by atoms with Crippen molar-refractivity contribution in [1.82, 2.24) is 19.7 Å². The van der Waals surface area contributed by atoms with Gasteiger partial charge < -0.3 is 9.80 Å². The van der Waals surface area contributed by atoms with Gasteiger partial charge in [-0.1, -0.05) is 18.2 Å². The molecular formula is C19H27N5O. The number of anilines is 1. The first-order valence-electron chi connectivity index (χ1n) is 8.75. The van der Waals surface area contributed by atoms with Gasteiger partial charge in [0.2, 0.25) is 5.82 Å². The zero-order valence-electron chi connectivity index (χ0n) is 15.7. The maximum Gasteiger partial charge on any atom is 0.297 e. The summed E-state index contributed by atoms with van der Waals surface area (Å²) in [6, 6.07) is 8.45. The number of carbonyl (C=O) groups excluding carboxylic acids is 1. The second kappa shape index (κ2) is 6.59. The van der Waals surface area contributed by atoms with Gasteiger partial charge in [0.1, 0.15) is 6.33 Å². The Morgan fingerprint density at radius 3 is 2.60 bits per heavy atom. The molecule has 0 fully saturated rings. The van der Waals surface area contributed by atoms with Gasteiger partial charge in [-0.15, -0.1) is 5.10 Å². The highest BCUT2D eigenvalue weighted by molar-refractivity contribution is 6.04. The van der Waals surface area contributed by atoms with E-state index in [2.05, 4.69) is 35.1 Å². The van der Waals surface area contributed by atoms with Crippen LogP contribution < -0.4 is 4.90 Å². The summed E-state index contributed by atoms with van der Waals surface area (Å²) in [5.74, 6) is 0.119. The summed E-state index contributed by atoms with van der Waals surface area (Å²) in [6.45, 7) is 6.77. The molecule has 1 aromatic heterocycles. The van der Waals surface area contributed by atoms with Crippen LogP contribution in [0.15, 0.2) is 30.6 Å². The maximum absolute atomic E-state index is 13.2. The van der Waals surface area contributed by atoms with E-state index in [0.29, 0.717) is 12.6 Å². The summed E-state index contributed by atoms with van der Waals surface area (Å²) >= 11 is 0. The van der Waals surface area contributed by atoms with Gasteiger partial charge in [-0.2, -0.15) is 0 Å². The van der Waals surface area contributed by atoms with E-state index in [1.165, 1.54) is 5.56 Å². The monoisotopic (exact) mass is 341 g/mol. The fourth-order valence-corrected chi connectivity index (χ4v) is 3.13. The van der Waals surface area contributed by atoms with Crippen LogP contribution >= 0.6 is 0 Å². The molecule has 0 saturated heterocycles. The molecular weight excluding hydrogens is 314 g/mol. The summed E-state index contributed by atoms with van der Waals surface area (Å²) in [5, 5.41) is 4.43. The Kier molecular flexibility index (Phi) is 4.64. The van der Waals surface area contributed by atoms with Crippen LogP contribution in [0.2, 0.25) is 0 Å². The van der Waals surface area contributed by atoms with Gasteiger partial charge in [-0.05, 0) is 59.3 Å². The number of rotatable bonds is 2. The largest absolute Gasteiger partial charge is 0.305 e. The Morgan fingerprint density at radius 1 is 1.24 bits per heavy atom. The molecule has 6 nitrogen and oxygen atoms in total. The standard InChI is InChI=1S/C19H27N5O/c1-19(2,3)24-13-20-17(21-24)18(25)23-12-15(22(4)5)11-10-14-8-6-7-9-16(14)23/h6-9,13,15H,10-12H2,1-5H3. The molecule has 0 bridgehead atoms. The lowest BCUT2D eigenvalue weighted by Gasteiger charge is -2.28. The molecule has 1 aliphatic rings. The SMILES string of the molecule is CN(C)C1CCc2ccccc2N(C(=O)c2ncn(C(C)(C)C)n2)C1. The minimum absolute atomic E-state index is 0.135. The number of hydrogen-bond donors (Lipinski definition) is 0. The molecule has 6 heteroatoms. The zero-order chi connectivity index (χ0) is 18.2. The molecule has 2 aromatic rings. The smallest absolute Gasteiger partial charge is 0.297 e. The van der Waals surface area contributed by atoms with Crippen LogP contribution in [0.1, 0.15) is 43.4 Å². The molecule has 0 saturated carbocycles. The van der Waals surface area contributed by atoms with Crippen LogP contribution in [0.3, 0.4) is 0 Å². The van der Waals surface area contributed by atoms with Gasteiger partial charge in [0.15, 0.2) is 0 Å². The van der Waals surface area contributed by atoms with Crippen LogP contribution in [0.4, 0.5) is 5.69 Å². The molecule has 0 spiro atoms. The molecule has 0 aliphatic carbocycles. The molecule has 1 aliphatic heterocycles. The number of aryl methyl sites for hydroxylation is 1. The first kappa shape index (κ1) is 17.6. The molecule has 1 amide bonds. The minimum atomic E-state index is -0.200. The molecule has 2 heterocycles. The van der Waals surface area contributed by atoms with Crippen LogP contribution in [-0.2, 0) is 12.0 Å². The number of carbonyl (C=O) groups is 1. The van der Waals surface area contributed by atoms with Gasteiger partial charge in [-0.25, -0.2) is 9.67 Å². The number of amides is 1. The number of para-hydroxylation sites is 1. The number of aromatic nitrogens is 3. The number of likely N-dealkylation sites (N-methyl/N-ethyl adjacent to an activating group) is 1. The number of nitrogens with zero attached hydrogens (tertiary/aromatic N) is 5. The van der Waals surface area contributed by atoms with E-state index in [-0.39, 0.29) is 17.3 Å². The van der Waals surface area contributed by atoms with Gasteiger partial charge in [0.05, 0.1) is 5.54 Å². The van der Waals surface area contributed by atoms with E-state index < -0.39 is 0 Å². The molecule has 134 valence electrons. The van der Waals surface area contributed by atoms with Crippen LogP contribution in [0, 0.1) is 0 Å². The third-order valence-corrected chi connectivity index (χ3v) is 4.77. The normalized spacial score (nSPS) is 18.2. The summed E-state index contributed by atoms with van der Waals surface area (Å²) in [7, 11) is 4.13. The second-order valence-electron chi connectivity index (χ2n) is 7.88. The summed E-state index contributed by atoms with van der Waals surface area (Å²) in [6.07, 6.45) is 3.63. The Labute approximate surface area is 149 Å². The van der Waals surface area contributed by atoms with E-state index in [1.807, 2.05) is 43.9 Å². The Balaban J connectivity index is 1.97. The van der Waals surface area contributed by atoms with Crippen molar-refractivity contribution in [2.24, 2.45) is 0 Å². The van der Waals surface area contributed by atoms with Crippen molar-refractivity contribution < 1.29 is 4.79 Å². The molecule has 1 atom stereocenters. The predicted octanol–water partition coefficient (Wildman–Crippen LogP) is 2.56. The van der Waals surface area contributed by atoms with Crippen molar-refractivity contribution in [3.8, 4) is 0 Å². The Hall–Kier alpha value is -2.21. The Morgan fingerprint density at radius 2 is 1.96 bits per heavy atom. The number of benzene rings is 1. The summed E-state index contributed by atoms with van der Waals surface area (Å²) in [5.41, 5.74) is 1.98. The van der Waals surface area contributed by atoms with Crippen molar-refractivity contribution in [1.29, 1.82) is 0 Å². The topological polar surface area (TPSA) is 54.3 Å². The molecule has 0 radical (unpaired) electrons. The first-order valence-corrected chi connectivity index (χ1v) is 8.75. The predicted molar refractivity (Wildman–Crippen MR) is 98.9 cm³/mol. The van der Waals surface area contributed by atoms with Crippen molar-refractivity contribution in [2.45, 2.75) is 45.2 Å². The minimum Gasteiger partial charge on any atom is -0.305 e. The number of fused-ring (bicyclic) bond motifs is 1. The summed E-state index contributed by atoms with van der Waals surface area (Å²) < 4.78 is 1.74. The van der Waals surface area contributed by atoms with Gasteiger partial charge in [-0.3, -0.25) is 4.79 Å². The van der Waals surface area contributed by atoms with E-state index in [0.717, 1.165) is 18.5 Å². The van der Waals surface area contributed by atoms with Gasteiger partial charge in [0, 0.05) is 18.3 Å². The molecule has 25 heavy (non-hydrogen) atoms. The van der Waals surface area contributed by atoms with E-state index >= 15 is 0 Å². The zero-order valence-corrected chi connectivity index (χ0v) is 15.7. The van der Waals surface area contributed by atoms with Crippen molar-refractivity contribution in [2.75, 3.05) is 25.5 Å². The molecule has 3 rings (SSSR count). The highest BCUT2D eigenvalue weighted by Crippen LogP contribution is 2.28. The van der Waals surface area contributed by atoms with Crippen LogP contribution in [0.25, 0.3) is 0 Å². The summed E-state index contributed by atoms with van der Waals surface area (Å²) in [4.78, 5) is 21.5. The molecule has 0 N–H and O–H groups in total. The van der Waals surface area contributed by atoms with Crippen molar-refractivity contribution in [3.63, 3.8) is 0 Å². The third-order valence-electron chi connectivity index (χ3n) is 4.77. The third kappa shape index (κ3) is 3.58. The van der Waals surface area contributed by atoms with E-state index in [1.54, 1.807) is 11.0 Å². The maximum atomic E-state index is 13.2. The van der Waals surface area contributed by atoms with Gasteiger partial charge in [0.25, 0.3) is 5.91 Å². The first-order chi connectivity index (χ1) is 11.8. The average molecular weight is 341 g/mol. The fraction of sp³-hybridized carbons (Fsp3) is 0.526. The quantitative estimate of drug-likeness (QED) is 0.842. The molecule has 1 unspecified atom stereocenters. The highest BCUT2D eigenvalue weighted by Gasteiger charge is 2.30. The van der Waals surface area contributed by atoms with Gasteiger partial charge >= 0.3 is 0 Å². The highest BCUT2D eigenvalue weighted by atomic mass is 16.2. The lowest BCUT2D eigenvalue weighted by Crippen LogP contribution is -2.43. The lowest BCUT2D eigenvalue weighted by atomic mass is 10.1. The number of hydrogen-bond acceptors (Lipinski definition) is 4. The van der Waals surface area contributed by atoms with Crippen LogP contribution in [-0.4, -0.2) is 52.3 Å². The van der Waals surface area contributed by atoms with Crippen molar-refractivity contribution in [3.05, 3.63) is 42.0 Å². The Bertz CT molecular complexity index is 759. The van der Waals surface area contributed by atoms with E-state index in [9.17, 15) is 4.79 Å². The van der Waals surface area contributed by atoms with E-state index in [4.69, 9.17) is 0 Å². The molecule has 1 aromatic carbocycles. The van der Waals surface area contributed by atoms with Crippen LogP contribution in [0.5, 0.6) is 0 Å². The van der Waals surface area contributed by atoms with Crippen molar-refractivity contribution >= 4 is 11.6 Å². The second-order valence-corrected chi connectivity index (χ2v) is 7.88. The average Bonchev–Trinajstić information content (AvgIpc) is 2.97. The lowest BCUT2D eigenvalue weighted by molar-refractivity contribution is 0.0969.